The molecule has 1 aliphatic heterocycles. The van der Waals surface area contributed by atoms with Crippen molar-refractivity contribution < 1.29 is 14.3 Å². The maximum absolute atomic E-state index is 14.9. The van der Waals surface area contributed by atoms with Gasteiger partial charge in [0.2, 0.25) is 5.43 Å². The fourth-order valence-electron chi connectivity index (χ4n) is 4.66. The van der Waals surface area contributed by atoms with Gasteiger partial charge in [0.25, 0.3) is 0 Å². The van der Waals surface area contributed by atoms with E-state index < -0.39 is 17.2 Å². The number of aromatic carboxylic acids is 1. The number of pyridine rings is 2. The van der Waals surface area contributed by atoms with E-state index in [-0.39, 0.29) is 34.3 Å². The van der Waals surface area contributed by atoms with E-state index in [4.69, 9.17) is 5.73 Å². The van der Waals surface area contributed by atoms with E-state index in [1.165, 1.54) is 6.20 Å². The van der Waals surface area contributed by atoms with E-state index in [1.807, 2.05) is 4.90 Å². The lowest BCUT2D eigenvalue weighted by atomic mass is 9.60. The Balaban J connectivity index is 1.67. The van der Waals surface area contributed by atoms with Crippen molar-refractivity contribution in [2.45, 2.75) is 38.3 Å². The molecule has 3 heterocycles. The van der Waals surface area contributed by atoms with Crippen LogP contribution in [0.25, 0.3) is 11.0 Å². The first-order valence-electron chi connectivity index (χ1n) is 9.29. The van der Waals surface area contributed by atoms with Gasteiger partial charge in [0.15, 0.2) is 11.6 Å². The van der Waals surface area contributed by atoms with Crippen molar-refractivity contribution >= 4 is 22.8 Å². The number of rotatable bonds is 3. The number of fused-ring (bicyclic) bond motifs is 2. The maximum Gasteiger partial charge on any atom is 0.341 e. The fraction of sp³-hybridized carbons (Fsp3) is 0.526. The monoisotopic (exact) mass is 372 g/mol. The van der Waals surface area contributed by atoms with Crippen molar-refractivity contribution in [3.05, 3.63) is 33.9 Å². The third-order valence-electron chi connectivity index (χ3n) is 6.70. The van der Waals surface area contributed by atoms with Crippen LogP contribution >= 0.6 is 0 Å². The zero-order valence-corrected chi connectivity index (χ0v) is 15.0. The van der Waals surface area contributed by atoms with Crippen LogP contribution in [0.15, 0.2) is 17.1 Å². The summed E-state index contributed by atoms with van der Waals surface area (Å²) in [5.74, 6) is -1.26. The van der Waals surface area contributed by atoms with Gasteiger partial charge in [0, 0.05) is 36.8 Å². The summed E-state index contributed by atoms with van der Waals surface area (Å²) in [5, 5.41) is 9.34. The van der Waals surface area contributed by atoms with E-state index in [1.54, 1.807) is 4.57 Å². The van der Waals surface area contributed by atoms with Gasteiger partial charge in [0.1, 0.15) is 11.2 Å². The normalized spacial score (nSPS) is 29.7. The van der Waals surface area contributed by atoms with Crippen molar-refractivity contribution in [2.75, 3.05) is 18.0 Å². The maximum atomic E-state index is 14.9. The largest absolute Gasteiger partial charge is 0.477 e. The van der Waals surface area contributed by atoms with Crippen LogP contribution in [0.2, 0.25) is 0 Å². The average Bonchev–Trinajstić information content (AvgIpc) is 3.41. The molecule has 0 spiro atoms. The molecule has 8 heteroatoms. The summed E-state index contributed by atoms with van der Waals surface area (Å²) in [7, 11) is 0. The van der Waals surface area contributed by atoms with E-state index in [0.29, 0.717) is 24.7 Å². The Morgan fingerprint density at radius 1 is 1.44 bits per heavy atom. The lowest BCUT2D eigenvalue weighted by molar-refractivity contribution is 0.0695. The minimum Gasteiger partial charge on any atom is -0.477 e. The molecule has 3 unspecified atom stereocenters. The van der Waals surface area contributed by atoms with Gasteiger partial charge in [-0.15, -0.1) is 0 Å². The third-order valence-corrected chi connectivity index (χ3v) is 6.70. The average molecular weight is 372 g/mol. The van der Waals surface area contributed by atoms with Crippen LogP contribution in [0.4, 0.5) is 10.2 Å². The molecule has 1 saturated heterocycles. The molecule has 0 radical (unpaired) electrons. The van der Waals surface area contributed by atoms with Crippen molar-refractivity contribution in [1.82, 2.24) is 9.55 Å². The summed E-state index contributed by atoms with van der Waals surface area (Å²) in [4.78, 5) is 30.4. The number of carboxylic acids is 1. The van der Waals surface area contributed by atoms with Gasteiger partial charge in [-0.05, 0) is 31.2 Å². The molecule has 0 aromatic carbocycles. The number of nitrogens with two attached hydrogens (primary N) is 1. The van der Waals surface area contributed by atoms with E-state index in [2.05, 4.69) is 11.9 Å². The predicted octanol–water partition coefficient (Wildman–Crippen LogP) is 1.74. The molecule has 5 rings (SSSR count). The first kappa shape index (κ1) is 16.7. The molecule has 2 aromatic rings. The topological polar surface area (TPSA) is 101 Å². The van der Waals surface area contributed by atoms with Gasteiger partial charge in [-0.25, -0.2) is 14.2 Å². The predicted molar refractivity (Wildman–Crippen MR) is 97.6 cm³/mol. The summed E-state index contributed by atoms with van der Waals surface area (Å²) in [6.07, 6.45) is 4.06. The summed E-state index contributed by atoms with van der Waals surface area (Å²) in [6, 6.07) is 1.37. The molecule has 7 nitrogen and oxygen atoms in total. The Hall–Kier alpha value is -2.48. The minimum atomic E-state index is -1.31. The summed E-state index contributed by atoms with van der Waals surface area (Å²) >= 11 is 0. The van der Waals surface area contributed by atoms with Gasteiger partial charge in [-0.2, -0.15) is 0 Å². The summed E-state index contributed by atoms with van der Waals surface area (Å²) in [6.45, 7) is 3.46. The highest BCUT2D eigenvalue weighted by Gasteiger charge is 2.55. The van der Waals surface area contributed by atoms with Crippen LogP contribution in [-0.2, 0) is 0 Å². The van der Waals surface area contributed by atoms with E-state index in [9.17, 15) is 19.1 Å². The zero-order valence-electron chi connectivity index (χ0n) is 15.0. The molecule has 3 N–H and O–H groups in total. The lowest BCUT2D eigenvalue weighted by Gasteiger charge is -2.47. The van der Waals surface area contributed by atoms with Crippen molar-refractivity contribution in [3.63, 3.8) is 0 Å². The molecule has 0 amide bonds. The number of carbonyl (C=O) groups is 1. The molecule has 2 aliphatic carbocycles. The Labute approximate surface area is 154 Å². The second-order valence-electron chi connectivity index (χ2n) is 8.41. The van der Waals surface area contributed by atoms with Gasteiger partial charge < -0.3 is 20.3 Å². The quantitative estimate of drug-likeness (QED) is 0.851. The first-order valence-corrected chi connectivity index (χ1v) is 9.29. The second kappa shape index (κ2) is 5.28. The van der Waals surface area contributed by atoms with Crippen molar-refractivity contribution in [2.24, 2.45) is 17.1 Å². The van der Waals surface area contributed by atoms with Gasteiger partial charge in [0.05, 0.1) is 5.39 Å². The van der Waals surface area contributed by atoms with E-state index in [0.717, 1.165) is 25.3 Å². The first-order chi connectivity index (χ1) is 12.8. The Kier molecular flexibility index (Phi) is 3.26. The third kappa shape index (κ3) is 2.25. The van der Waals surface area contributed by atoms with Crippen LogP contribution in [0, 0.1) is 17.2 Å². The second-order valence-corrected chi connectivity index (χ2v) is 8.41. The molecule has 3 fully saturated rings. The summed E-state index contributed by atoms with van der Waals surface area (Å²) in [5.41, 5.74) is 5.45. The van der Waals surface area contributed by atoms with Crippen LogP contribution < -0.4 is 16.1 Å². The highest BCUT2D eigenvalue weighted by Crippen LogP contribution is 2.51. The lowest BCUT2D eigenvalue weighted by Crippen LogP contribution is -2.55. The number of hydrogen-bond acceptors (Lipinski definition) is 5. The molecule has 2 saturated carbocycles. The fourth-order valence-corrected chi connectivity index (χ4v) is 4.66. The highest BCUT2D eigenvalue weighted by molar-refractivity contribution is 5.92. The van der Waals surface area contributed by atoms with Crippen LogP contribution in [-0.4, -0.2) is 39.8 Å². The van der Waals surface area contributed by atoms with Crippen LogP contribution in [0.1, 0.15) is 42.6 Å². The molecule has 27 heavy (non-hydrogen) atoms. The van der Waals surface area contributed by atoms with Crippen LogP contribution in [0.5, 0.6) is 0 Å². The Bertz CT molecular complexity index is 1050. The molecular formula is C19H21FN4O3. The van der Waals surface area contributed by atoms with E-state index >= 15 is 0 Å². The number of aromatic nitrogens is 2. The number of nitrogens with zero attached hydrogens (tertiary/aromatic N) is 3. The number of anilines is 1. The van der Waals surface area contributed by atoms with Gasteiger partial charge in [-0.3, -0.25) is 4.79 Å². The van der Waals surface area contributed by atoms with Gasteiger partial charge in [-0.1, -0.05) is 6.92 Å². The van der Waals surface area contributed by atoms with Crippen molar-refractivity contribution in [1.29, 1.82) is 0 Å². The van der Waals surface area contributed by atoms with Crippen molar-refractivity contribution in [3.8, 4) is 0 Å². The molecule has 3 atom stereocenters. The minimum absolute atomic E-state index is 0.0214. The molecular weight excluding hydrogens is 351 g/mol. The number of halogens is 1. The summed E-state index contributed by atoms with van der Waals surface area (Å²) < 4.78 is 16.6. The smallest absolute Gasteiger partial charge is 0.341 e. The Morgan fingerprint density at radius 3 is 2.78 bits per heavy atom. The molecule has 3 aliphatic rings. The SMILES string of the molecule is CC12CN(c3nc4c(cc3F)c(=O)c(C(=O)O)cn4C3CC3)CC1CC2N. The Morgan fingerprint density at radius 2 is 2.19 bits per heavy atom. The molecule has 2 aromatic heterocycles. The zero-order chi connectivity index (χ0) is 19.1. The molecule has 142 valence electrons. The number of carboxylic acid groups (broad SMARTS) is 1. The van der Waals surface area contributed by atoms with Gasteiger partial charge >= 0.3 is 5.97 Å². The number of hydrogen-bond donors (Lipinski definition) is 2. The molecule has 0 bridgehead atoms. The van der Waals surface area contributed by atoms with Crippen LogP contribution in [0.3, 0.4) is 0 Å². The highest BCUT2D eigenvalue weighted by atomic mass is 19.1. The standard InChI is InChI=1S/C19H21FN4O3/c1-19-8-23(6-9(19)4-14(19)21)17-13(20)5-11-15(25)12(18(26)27)7-24(10-2-3-10)16(11)22-17/h5,7,9-10,14H,2-4,6,8,21H2,1H3,(H,26,27).